The summed E-state index contributed by atoms with van der Waals surface area (Å²) in [5, 5.41) is 0. The highest BCUT2D eigenvalue weighted by Gasteiger charge is 2.21. The van der Waals surface area contributed by atoms with Gasteiger partial charge in [-0.15, -0.1) is 0 Å². The van der Waals surface area contributed by atoms with Crippen LogP contribution in [0.15, 0.2) is 24.3 Å². The number of hydrogen-bond acceptors (Lipinski definition) is 2. The molecule has 0 radical (unpaired) electrons. The second kappa shape index (κ2) is 7.24. The highest BCUT2D eigenvalue weighted by Crippen LogP contribution is 2.23. The Kier molecular flexibility index (Phi) is 5.96. The topological polar surface area (TPSA) is 46.3 Å². The molecule has 0 saturated heterocycles. The number of carbonyl (C=O) groups excluding carboxylic acids is 1. The molecule has 2 unspecified atom stereocenters. The molecule has 1 rings (SSSR count). The van der Waals surface area contributed by atoms with Gasteiger partial charge in [0.05, 0.1) is 6.04 Å². The zero-order chi connectivity index (χ0) is 14.4. The first-order valence-electron chi connectivity index (χ1n) is 6.71. The molecule has 0 aliphatic rings. The normalized spacial score (nSPS) is 13.9. The molecule has 0 aliphatic carbocycles. The standard InChI is InChI=1S/C15H23FN2O/c1-4-12(10-17)9-15(19)18(3)11(2)13-7-5-6-8-14(13)16/h5-8,11-12H,4,9-10,17H2,1-3H3. The SMILES string of the molecule is CCC(CN)CC(=O)N(C)C(C)c1ccccc1F. The van der Waals surface area contributed by atoms with Gasteiger partial charge in [0.15, 0.2) is 0 Å². The summed E-state index contributed by atoms with van der Waals surface area (Å²) in [6.07, 6.45) is 1.30. The first-order chi connectivity index (χ1) is 9.01. The van der Waals surface area contributed by atoms with Crippen molar-refractivity contribution < 1.29 is 9.18 Å². The zero-order valence-electron chi connectivity index (χ0n) is 11.9. The van der Waals surface area contributed by atoms with Crippen molar-refractivity contribution >= 4 is 5.91 Å². The third-order valence-electron chi connectivity index (χ3n) is 3.70. The van der Waals surface area contributed by atoms with Crippen LogP contribution in [0.25, 0.3) is 0 Å². The van der Waals surface area contributed by atoms with Gasteiger partial charge in [-0.3, -0.25) is 4.79 Å². The second-order valence-electron chi connectivity index (χ2n) is 4.92. The lowest BCUT2D eigenvalue weighted by Crippen LogP contribution is -2.32. The fourth-order valence-corrected chi connectivity index (χ4v) is 2.02. The van der Waals surface area contributed by atoms with E-state index in [2.05, 4.69) is 0 Å². The highest BCUT2D eigenvalue weighted by molar-refractivity contribution is 5.76. The Hall–Kier alpha value is -1.42. The summed E-state index contributed by atoms with van der Waals surface area (Å²) in [6.45, 7) is 4.36. The van der Waals surface area contributed by atoms with E-state index < -0.39 is 0 Å². The Morgan fingerprint density at radius 2 is 2.05 bits per heavy atom. The quantitative estimate of drug-likeness (QED) is 0.860. The molecule has 0 bridgehead atoms. The van der Waals surface area contributed by atoms with Crippen LogP contribution in [0.3, 0.4) is 0 Å². The first kappa shape index (κ1) is 15.6. The minimum atomic E-state index is -0.277. The largest absolute Gasteiger partial charge is 0.339 e. The van der Waals surface area contributed by atoms with Crippen molar-refractivity contribution in [2.45, 2.75) is 32.7 Å². The van der Waals surface area contributed by atoms with E-state index in [4.69, 9.17) is 5.73 Å². The van der Waals surface area contributed by atoms with Crippen LogP contribution in [0.5, 0.6) is 0 Å². The highest BCUT2D eigenvalue weighted by atomic mass is 19.1. The van der Waals surface area contributed by atoms with E-state index in [0.717, 1.165) is 6.42 Å². The molecular weight excluding hydrogens is 243 g/mol. The average molecular weight is 266 g/mol. The predicted octanol–water partition coefficient (Wildman–Crippen LogP) is 2.72. The maximum Gasteiger partial charge on any atom is 0.223 e. The van der Waals surface area contributed by atoms with Gasteiger partial charge in [-0.2, -0.15) is 0 Å². The van der Waals surface area contributed by atoms with Gasteiger partial charge in [0.25, 0.3) is 0 Å². The Morgan fingerprint density at radius 3 is 2.58 bits per heavy atom. The van der Waals surface area contributed by atoms with Gasteiger partial charge in [0.2, 0.25) is 5.91 Å². The van der Waals surface area contributed by atoms with Crippen molar-refractivity contribution in [1.29, 1.82) is 0 Å². The molecule has 0 spiro atoms. The number of nitrogens with zero attached hydrogens (tertiary/aromatic N) is 1. The fourth-order valence-electron chi connectivity index (χ4n) is 2.02. The summed E-state index contributed by atoms with van der Waals surface area (Å²) >= 11 is 0. The average Bonchev–Trinajstić information content (AvgIpc) is 2.43. The number of rotatable bonds is 6. The van der Waals surface area contributed by atoms with E-state index in [1.807, 2.05) is 13.8 Å². The van der Waals surface area contributed by atoms with Crippen LogP contribution in [-0.4, -0.2) is 24.4 Å². The van der Waals surface area contributed by atoms with Gasteiger partial charge in [-0.05, 0) is 25.5 Å². The van der Waals surface area contributed by atoms with Crippen LogP contribution in [0.2, 0.25) is 0 Å². The van der Waals surface area contributed by atoms with E-state index in [-0.39, 0.29) is 23.7 Å². The van der Waals surface area contributed by atoms with E-state index in [0.29, 0.717) is 18.5 Å². The molecule has 3 nitrogen and oxygen atoms in total. The molecule has 106 valence electrons. The minimum absolute atomic E-state index is 0.00746. The van der Waals surface area contributed by atoms with Crippen LogP contribution in [0.4, 0.5) is 4.39 Å². The predicted molar refractivity (Wildman–Crippen MR) is 75.0 cm³/mol. The lowest BCUT2D eigenvalue weighted by atomic mass is 10.0. The number of halogens is 1. The van der Waals surface area contributed by atoms with E-state index >= 15 is 0 Å². The lowest BCUT2D eigenvalue weighted by molar-refractivity contribution is -0.132. The van der Waals surface area contributed by atoms with Crippen molar-refractivity contribution in [3.8, 4) is 0 Å². The Bertz CT molecular complexity index is 418. The summed E-state index contributed by atoms with van der Waals surface area (Å²) in [6, 6.07) is 6.28. The summed E-state index contributed by atoms with van der Waals surface area (Å²) < 4.78 is 13.7. The molecule has 1 amide bonds. The van der Waals surface area contributed by atoms with Crippen LogP contribution in [-0.2, 0) is 4.79 Å². The fraction of sp³-hybridized carbons (Fsp3) is 0.533. The molecule has 2 N–H and O–H groups in total. The molecule has 0 saturated carbocycles. The van der Waals surface area contributed by atoms with Gasteiger partial charge in [-0.1, -0.05) is 31.5 Å². The van der Waals surface area contributed by atoms with E-state index in [1.54, 1.807) is 30.1 Å². The zero-order valence-corrected chi connectivity index (χ0v) is 11.9. The van der Waals surface area contributed by atoms with Crippen molar-refractivity contribution in [3.05, 3.63) is 35.6 Å². The monoisotopic (exact) mass is 266 g/mol. The van der Waals surface area contributed by atoms with Gasteiger partial charge < -0.3 is 10.6 Å². The third-order valence-corrected chi connectivity index (χ3v) is 3.70. The van der Waals surface area contributed by atoms with Crippen molar-refractivity contribution in [2.24, 2.45) is 11.7 Å². The van der Waals surface area contributed by atoms with Crippen molar-refractivity contribution in [1.82, 2.24) is 4.90 Å². The third kappa shape index (κ3) is 4.03. The molecule has 1 aromatic rings. The molecule has 1 aromatic carbocycles. The smallest absolute Gasteiger partial charge is 0.223 e. The number of amides is 1. The molecule has 2 atom stereocenters. The van der Waals surface area contributed by atoms with Crippen LogP contribution in [0, 0.1) is 11.7 Å². The summed E-state index contributed by atoms with van der Waals surface area (Å²) in [4.78, 5) is 13.7. The van der Waals surface area contributed by atoms with Crippen LogP contribution < -0.4 is 5.73 Å². The number of hydrogen-bond donors (Lipinski definition) is 1. The second-order valence-corrected chi connectivity index (χ2v) is 4.92. The summed E-state index contributed by atoms with van der Waals surface area (Å²) in [5.74, 6) is -0.0728. The number of carbonyl (C=O) groups is 1. The summed E-state index contributed by atoms with van der Waals surface area (Å²) in [7, 11) is 1.71. The van der Waals surface area contributed by atoms with Crippen LogP contribution >= 0.6 is 0 Å². The Labute approximate surface area is 114 Å². The van der Waals surface area contributed by atoms with Gasteiger partial charge in [0, 0.05) is 19.0 Å². The Morgan fingerprint density at radius 1 is 1.42 bits per heavy atom. The van der Waals surface area contributed by atoms with Crippen molar-refractivity contribution in [2.75, 3.05) is 13.6 Å². The molecule has 0 aromatic heterocycles. The summed E-state index contributed by atoms with van der Waals surface area (Å²) in [5.41, 5.74) is 6.15. The van der Waals surface area contributed by atoms with E-state index in [9.17, 15) is 9.18 Å². The van der Waals surface area contributed by atoms with Crippen molar-refractivity contribution in [3.63, 3.8) is 0 Å². The number of benzene rings is 1. The molecular formula is C15H23FN2O. The Balaban J connectivity index is 2.74. The molecule has 0 heterocycles. The van der Waals surface area contributed by atoms with Crippen LogP contribution in [0.1, 0.15) is 38.3 Å². The molecule has 19 heavy (non-hydrogen) atoms. The maximum atomic E-state index is 13.7. The van der Waals surface area contributed by atoms with Gasteiger partial charge in [-0.25, -0.2) is 4.39 Å². The molecule has 0 aliphatic heterocycles. The van der Waals surface area contributed by atoms with Gasteiger partial charge in [0.1, 0.15) is 5.82 Å². The van der Waals surface area contributed by atoms with E-state index in [1.165, 1.54) is 6.07 Å². The maximum absolute atomic E-state index is 13.7. The number of nitrogens with two attached hydrogens (primary N) is 1. The van der Waals surface area contributed by atoms with Gasteiger partial charge >= 0.3 is 0 Å². The first-order valence-corrected chi connectivity index (χ1v) is 6.71. The minimum Gasteiger partial charge on any atom is -0.339 e. The molecule has 0 fully saturated rings. The lowest BCUT2D eigenvalue weighted by Gasteiger charge is -2.27. The molecule has 4 heteroatoms.